The minimum Gasteiger partial charge on any atom is -0.385 e. The first kappa shape index (κ1) is 15.4. The Morgan fingerprint density at radius 3 is 2.38 bits per heavy atom. The van der Waals surface area contributed by atoms with Gasteiger partial charge in [0.05, 0.1) is 10.5 Å². The SMILES string of the molecule is O=C(c1cc2ccccc2s1)N1CCC(O)(c2ccccc2)CC1. The molecule has 0 saturated carbocycles. The van der Waals surface area contributed by atoms with Gasteiger partial charge in [-0.25, -0.2) is 0 Å². The molecule has 4 heteroatoms. The highest BCUT2D eigenvalue weighted by atomic mass is 32.1. The quantitative estimate of drug-likeness (QED) is 0.767. The van der Waals surface area contributed by atoms with E-state index in [9.17, 15) is 9.90 Å². The monoisotopic (exact) mass is 337 g/mol. The Bertz CT molecular complexity index is 830. The van der Waals surface area contributed by atoms with Gasteiger partial charge in [0, 0.05) is 17.8 Å². The Morgan fingerprint density at radius 2 is 1.67 bits per heavy atom. The van der Waals surface area contributed by atoms with Crippen LogP contribution in [0.3, 0.4) is 0 Å². The van der Waals surface area contributed by atoms with Gasteiger partial charge in [0.2, 0.25) is 0 Å². The Morgan fingerprint density at radius 1 is 1.00 bits per heavy atom. The summed E-state index contributed by atoms with van der Waals surface area (Å²) < 4.78 is 1.14. The number of carbonyl (C=O) groups excluding carboxylic acids is 1. The van der Waals surface area contributed by atoms with Crippen LogP contribution in [0.4, 0.5) is 0 Å². The zero-order chi connectivity index (χ0) is 16.6. The summed E-state index contributed by atoms with van der Waals surface area (Å²) in [4.78, 5) is 15.4. The summed E-state index contributed by atoms with van der Waals surface area (Å²) in [6.07, 6.45) is 1.15. The van der Waals surface area contributed by atoms with Crippen molar-refractivity contribution in [1.82, 2.24) is 4.90 Å². The van der Waals surface area contributed by atoms with Gasteiger partial charge >= 0.3 is 0 Å². The molecule has 0 radical (unpaired) electrons. The molecular weight excluding hydrogens is 318 g/mol. The number of aliphatic hydroxyl groups is 1. The average molecular weight is 337 g/mol. The smallest absolute Gasteiger partial charge is 0.263 e. The first-order valence-electron chi connectivity index (χ1n) is 8.21. The maximum absolute atomic E-state index is 12.8. The summed E-state index contributed by atoms with van der Waals surface area (Å²) in [5.41, 5.74) is 0.122. The van der Waals surface area contributed by atoms with Gasteiger partial charge in [-0.1, -0.05) is 48.5 Å². The molecule has 0 bridgehead atoms. The summed E-state index contributed by atoms with van der Waals surface area (Å²) in [5.74, 6) is 0.0753. The normalized spacial score (nSPS) is 17.1. The van der Waals surface area contributed by atoms with Gasteiger partial charge in [-0.15, -0.1) is 11.3 Å². The van der Waals surface area contributed by atoms with E-state index in [1.54, 1.807) is 11.3 Å². The molecule has 1 fully saturated rings. The first-order chi connectivity index (χ1) is 11.7. The Balaban J connectivity index is 1.50. The minimum atomic E-state index is -0.821. The second-order valence-corrected chi connectivity index (χ2v) is 7.42. The Kier molecular flexibility index (Phi) is 3.87. The first-order valence-corrected chi connectivity index (χ1v) is 9.03. The summed E-state index contributed by atoms with van der Waals surface area (Å²) in [5, 5.41) is 12.0. The van der Waals surface area contributed by atoms with E-state index in [-0.39, 0.29) is 5.91 Å². The number of piperidine rings is 1. The number of carbonyl (C=O) groups is 1. The molecule has 0 atom stereocenters. The van der Waals surface area contributed by atoms with Crippen molar-refractivity contribution in [3.05, 3.63) is 71.1 Å². The molecule has 1 aliphatic heterocycles. The van der Waals surface area contributed by atoms with E-state index >= 15 is 0 Å². The number of nitrogens with zero attached hydrogens (tertiary/aromatic N) is 1. The summed E-state index contributed by atoms with van der Waals surface area (Å²) >= 11 is 1.54. The summed E-state index contributed by atoms with van der Waals surface area (Å²) in [6, 6.07) is 19.8. The molecule has 24 heavy (non-hydrogen) atoms. The van der Waals surface area contributed by atoms with Crippen molar-refractivity contribution in [1.29, 1.82) is 0 Å². The lowest BCUT2D eigenvalue weighted by atomic mass is 9.84. The zero-order valence-electron chi connectivity index (χ0n) is 13.3. The second kappa shape index (κ2) is 6.04. The molecule has 3 nitrogen and oxygen atoms in total. The predicted octanol–water partition coefficient (Wildman–Crippen LogP) is 4.03. The van der Waals surface area contributed by atoms with Crippen molar-refractivity contribution in [2.45, 2.75) is 18.4 Å². The van der Waals surface area contributed by atoms with Gasteiger partial charge in [-0.3, -0.25) is 4.79 Å². The van der Waals surface area contributed by atoms with Crippen molar-refractivity contribution in [3.63, 3.8) is 0 Å². The van der Waals surface area contributed by atoms with Crippen LogP contribution in [0.25, 0.3) is 10.1 Å². The van der Waals surface area contributed by atoms with Gasteiger partial charge < -0.3 is 10.0 Å². The van der Waals surface area contributed by atoms with E-state index in [4.69, 9.17) is 0 Å². The number of hydrogen-bond acceptors (Lipinski definition) is 3. The van der Waals surface area contributed by atoms with Gasteiger partial charge in [0.25, 0.3) is 5.91 Å². The molecular formula is C20H19NO2S. The van der Waals surface area contributed by atoms with E-state index in [1.165, 1.54) is 0 Å². The van der Waals surface area contributed by atoms with Crippen molar-refractivity contribution in [2.75, 3.05) is 13.1 Å². The molecule has 2 heterocycles. The van der Waals surface area contributed by atoms with Crippen LogP contribution in [0.5, 0.6) is 0 Å². The van der Waals surface area contributed by atoms with Crippen molar-refractivity contribution < 1.29 is 9.90 Å². The second-order valence-electron chi connectivity index (χ2n) is 6.34. The highest BCUT2D eigenvalue weighted by Gasteiger charge is 2.35. The molecule has 4 rings (SSSR count). The van der Waals surface area contributed by atoms with E-state index < -0.39 is 5.60 Å². The van der Waals surface area contributed by atoms with Gasteiger partial charge in [-0.2, -0.15) is 0 Å². The van der Waals surface area contributed by atoms with Gasteiger partial charge in [0.1, 0.15) is 0 Å². The van der Waals surface area contributed by atoms with Crippen LogP contribution in [-0.4, -0.2) is 29.0 Å². The number of benzene rings is 2. The average Bonchev–Trinajstić information content (AvgIpc) is 3.07. The van der Waals surface area contributed by atoms with E-state index in [1.807, 2.05) is 65.6 Å². The Labute approximate surface area is 145 Å². The summed E-state index contributed by atoms with van der Waals surface area (Å²) in [7, 11) is 0. The fourth-order valence-electron chi connectivity index (χ4n) is 3.36. The minimum absolute atomic E-state index is 0.0753. The molecule has 1 saturated heterocycles. The highest BCUT2D eigenvalue weighted by molar-refractivity contribution is 7.20. The molecule has 1 aliphatic rings. The lowest BCUT2D eigenvalue weighted by Crippen LogP contribution is -2.45. The molecule has 3 aromatic rings. The molecule has 0 aliphatic carbocycles. The molecule has 122 valence electrons. The number of thiophene rings is 1. The van der Waals surface area contributed by atoms with Crippen molar-refractivity contribution in [3.8, 4) is 0 Å². The van der Waals surface area contributed by atoms with Crippen LogP contribution in [-0.2, 0) is 5.60 Å². The van der Waals surface area contributed by atoms with Gasteiger partial charge in [0.15, 0.2) is 0 Å². The number of hydrogen-bond donors (Lipinski definition) is 1. The molecule has 1 aromatic heterocycles. The van der Waals surface area contributed by atoms with Crippen LogP contribution < -0.4 is 0 Å². The maximum atomic E-state index is 12.8. The molecule has 2 aromatic carbocycles. The molecule has 1 amide bonds. The highest BCUT2D eigenvalue weighted by Crippen LogP contribution is 2.34. The number of amides is 1. The number of likely N-dealkylation sites (tertiary alicyclic amines) is 1. The van der Waals surface area contributed by atoms with Crippen LogP contribution in [0.15, 0.2) is 60.7 Å². The van der Waals surface area contributed by atoms with E-state index in [0.717, 1.165) is 20.5 Å². The fraction of sp³-hybridized carbons (Fsp3) is 0.250. The third-order valence-electron chi connectivity index (χ3n) is 4.83. The Hall–Kier alpha value is -2.17. The van der Waals surface area contributed by atoms with E-state index in [0.29, 0.717) is 25.9 Å². The maximum Gasteiger partial charge on any atom is 0.263 e. The molecule has 1 N–H and O–H groups in total. The van der Waals surface area contributed by atoms with Crippen LogP contribution in [0.2, 0.25) is 0 Å². The van der Waals surface area contributed by atoms with Gasteiger partial charge in [-0.05, 0) is 35.9 Å². The number of rotatable bonds is 2. The third-order valence-corrected chi connectivity index (χ3v) is 5.93. The third kappa shape index (κ3) is 2.72. The lowest BCUT2D eigenvalue weighted by molar-refractivity contribution is -0.0210. The van der Waals surface area contributed by atoms with Crippen LogP contribution >= 0.6 is 11.3 Å². The topological polar surface area (TPSA) is 40.5 Å². The standard InChI is InChI=1S/C20H19NO2S/c22-19(18-14-15-6-4-5-9-17(15)24-18)21-12-10-20(23,11-13-21)16-7-2-1-3-8-16/h1-9,14,23H,10-13H2. The summed E-state index contributed by atoms with van der Waals surface area (Å²) in [6.45, 7) is 1.16. The predicted molar refractivity (Wildman–Crippen MR) is 97.3 cm³/mol. The largest absolute Gasteiger partial charge is 0.385 e. The fourth-order valence-corrected chi connectivity index (χ4v) is 4.39. The molecule has 0 spiro atoms. The van der Waals surface area contributed by atoms with Crippen LogP contribution in [0.1, 0.15) is 28.1 Å². The van der Waals surface area contributed by atoms with Crippen LogP contribution in [0, 0.1) is 0 Å². The molecule has 0 unspecified atom stereocenters. The van der Waals surface area contributed by atoms with Crippen molar-refractivity contribution in [2.24, 2.45) is 0 Å². The zero-order valence-corrected chi connectivity index (χ0v) is 14.1. The van der Waals surface area contributed by atoms with E-state index in [2.05, 4.69) is 0 Å². The number of fused-ring (bicyclic) bond motifs is 1. The lowest BCUT2D eigenvalue weighted by Gasteiger charge is -2.38. The van der Waals surface area contributed by atoms with Crippen molar-refractivity contribution >= 4 is 27.3 Å².